The molecule has 0 bridgehead atoms. The first kappa shape index (κ1) is 17.1. The van der Waals surface area contributed by atoms with Crippen molar-refractivity contribution in [1.29, 1.82) is 0 Å². The van der Waals surface area contributed by atoms with Crippen molar-refractivity contribution in [3.05, 3.63) is 27.8 Å². The predicted octanol–water partition coefficient (Wildman–Crippen LogP) is 3.47. The highest BCUT2D eigenvalue weighted by Crippen LogP contribution is 2.33. The van der Waals surface area contributed by atoms with Gasteiger partial charge in [0.1, 0.15) is 5.01 Å². The first-order valence-electron chi connectivity index (χ1n) is 8.70. The summed E-state index contributed by atoms with van der Waals surface area (Å²) in [5.41, 5.74) is 1.04. The van der Waals surface area contributed by atoms with Crippen molar-refractivity contribution in [2.24, 2.45) is 0 Å². The Morgan fingerprint density at radius 3 is 3.00 bits per heavy atom. The van der Waals surface area contributed by atoms with Crippen LogP contribution in [-0.4, -0.2) is 32.5 Å². The van der Waals surface area contributed by atoms with E-state index in [1.807, 2.05) is 18.7 Å². The molecule has 1 aliphatic rings. The van der Waals surface area contributed by atoms with Gasteiger partial charge in [-0.25, -0.2) is 4.98 Å². The van der Waals surface area contributed by atoms with Crippen molar-refractivity contribution in [3.63, 3.8) is 0 Å². The SMILES string of the molecule is CCc1noc(CCCC(=O)N2CCCCC2c2nc(C)cs2)n1. The highest BCUT2D eigenvalue weighted by molar-refractivity contribution is 7.09. The molecule has 1 unspecified atom stereocenters. The molecule has 1 saturated heterocycles. The molecule has 0 aliphatic carbocycles. The van der Waals surface area contributed by atoms with Crippen LogP contribution in [0.2, 0.25) is 0 Å². The molecule has 0 N–H and O–H groups in total. The van der Waals surface area contributed by atoms with Gasteiger partial charge in [0.2, 0.25) is 11.8 Å². The van der Waals surface area contributed by atoms with Crippen LogP contribution in [0.5, 0.6) is 0 Å². The Morgan fingerprint density at radius 2 is 2.29 bits per heavy atom. The lowest BCUT2D eigenvalue weighted by Gasteiger charge is -2.34. The van der Waals surface area contributed by atoms with E-state index in [-0.39, 0.29) is 11.9 Å². The molecule has 7 heteroatoms. The third-order valence-corrected chi connectivity index (χ3v) is 5.42. The van der Waals surface area contributed by atoms with Crippen LogP contribution in [0.4, 0.5) is 0 Å². The van der Waals surface area contributed by atoms with Crippen molar-refractivity contribution >= 4 is 17.2 Å². The van der Waals surface area contributed by atoms with E-state index in [1.54, 1.807) is 11.3 Å². The van der Waals surface area contributed by atoms with Crippen LogP contribution < -0.4 is 0 Å². The third-order valence-electron chi connectivity index (χ3n) is 4.35. The minimum absolute atomic E-state index is 0.153. The number of aromatic nitrogens is 3. The minimum atomic E-state index is 0.153. The van der Waals surface area contributed by atoms with Crippen LogP contribution in [0.15, 0.2) is 9.90 Å². The number of aryl methyl sites for hydroxylation is 3. The molecule has 0 saturated carbocycles. The first-order chi connectivity index (χ1) is 11.7. The van der Waals surface area contributed by atoms with E-state index in [1.165, 1.54) is 0 Å². The maximum atomic E-state index is 12.7. The largest absolute Gasteiger partial charge is 0.339 e. The lowest BCUT2D eigenvalue weighted by molar-refractivity contribution is -0.135. The molecule has 3 rings (SSSR count). The second kappa shape index (κ2) is 7.88. The summed E-state index contributed by atoms with van der Waals surface area (Å²) in [7, 11) is 0. The number of amides is 1. The maximum absolute atomic E-state index is 12.7. The number of piperidine rings is 1. The van der Waals surface area contributed by atoms with Gasteiger partial charge in [-0.15, -0.1) is 11.3 Å². The lowest BCUT2D eigenvalue weighted by Crippen LogP contribution is -2.38. The summed E-state index contributed by atoms with van der Waals surface area (Å²) in [6, 6.07) is 0.153. The van der Waals surface area contributed by atoms with Gasteiger partial charge in [-0.1, -0.05) is 12.1 Å². The van der Waals surface area contributed by atoms with Crippen LogP contribution >= 0.6 is 11.3 Å². The van der Waals surface area contributed by atoms with Crippen molar-refractivity contribution in [3.8, 4) is 0 Å². The Labute approximate surface area is 146 Å². The molecule has 3 heterocycles. The van der Waals surface area contributed by atoms with Crippen LogP contribution in [-0.2, 0) is 17.6 Å². The Balaban J connectivity index is 1.56. The van der Waals surface area contributed by atoms with Crippen LogP contribution in [0.1, 0.15) is 67.5 Å². The smallest absolute Gasteiger partial charge is 0.226 e. The molecular formula is C17H24N4O2S. The van der Waals surface area contributed by atoms with Gasteiger partial charge in [0.15, 0.2) is 5.82 Å². The molecule has 0 spiro atoms. The number of nitrogens with zero attached hydrogens (tertiary/aromatic N) is 4. The second-order valence-electron chi connectivity index (χ2n) is 6.24. The normalized spacial score (nSPS) is 18.1. The molecule has 2 aromatic rings. The molecule has 1 atom stereocenters. The van der Waals surface area contributed by atoms with Gasteiger partial charge in [-0.05, 0) is 32.6 Å². The molecular weight excluding hydrogens is 324 g/mol. The fourth-order valence-electron chi connectivity index (χ4n) is 3.08. The molecule has 6 nitrogen and oxygen atoms in total. The molecule has 1 amide bonds. The molecule has 1 fully saturated rings. The number of hydrogen-bond acceptors (Lipinski definition) is 6. The Hall–Kier alpha value is -1.76. The topological polar surface area (TPSA) is 72.1 Å². The number of rotatable bonds is 6. The van der Waals surface area contributed by atoms with Crippen LogP contribution in [0, 0.1) is 6.92 Å². The number of carbonyl (C=O) groups is 1. The Morgan fingerprint density at radius 1 is 1.42 bits per heavy atom. The van der Waals surface area contributed by atoms with Gasteiger partial charge in [0.05, 0.1) is 6.04 Å². The summed E-state index contributed by atoms with van der Waals surface area (Å²) in [4.78, 5) is 23.6. The fraction of sp³-hybridized carbons (Fsp3) is 0.647. The quantitative estimate of drug-likeness (QED) is 0.799. The third kappa shape index (κ3) is 4.01. The van der Waals surface area contributed by atoms with Gasteiger partial charge < -0.3 is 9.42 Å². The summed E-state index contributed by atoms with van der Waals surface area (Å²) in [6.45, 7) is 4.83. The van der Waals surface area contributed by atoms with Crippen molar-refractivity contribution in [2.45, 2.75) is 64.8 Å². The van der Waals surface area contributed by atoms with Crippen molar-refractivity contribution < 1.29 is 9.32 Å². The zero-order chi connectivity index (χ0) is 16.9. The van der Waals surface area contributed by atoms with Gasteiger partial charge in [0.25, 0.3) is 0 Å². The monoisotopic (exact) mass is 348 g/mol. The van der Waals surface area contributed by atoms with Crippen LogP contribution in [0.25, 0.3) is 0 Å². The zero-order valence-corrected chi connectivity index (χ0v) is 15.1. The minimum Gasteiger partial charge on any atom is -0.339 e. The van der Waals surface area contributed by atoms with Gasteiger partial charge >= 0.3 is 0 Å². The number of likely N-dealkylation sites (tertiary alicyclic amines) is 1. The van der Waals surface area contributed by atoms with E-state index in [9.17, 15) is 4.79 Å². The van der Waals surface area contributed by atoms with Gasteiger partial charge in [-0.3, -0.25) is 4.79 Å². The van der Waals surface area contributed by atoms with E-state index in [4.69, 9.17) is 4.52 Å². The second-order valence-corrected chi connectivity index (χ2v) is 7.13. The summed E-state index contributed by atoms with van der Waals surface area (Å²) in [6.07, 6.45) is 5.95. The Kier molecular flexibility index (Phi) is 5.60. The van der Waals surface area contributed by atoms with E-state index in [0.717, 1.165) is 55.2 Å². The number of thiazole rings is 1. The molecule has 2 aromatic heterocycles. The fourth-order valence-corrected chi connectivity index (χ4v) is 4.02. The number of hydrogen-bond donors (Lipinski definition) is 0. The van der Waals surface area contributed by atoms with E-state index < -0.39 is 0 Å². The summed E-state index contributed by atoms with van der Waals surface area (Å²) >= 11 is 1.66. The van der Waals surface area contributed by atoms with Crippen LogP contribution in [0.3, 0.4) is 0 Å². The van der Waals surface area contributed by atoms with E-state index in [2.05, 4.69) is 20.5 Å². The summed E-state index contributed by atoms with van der Waals surface area (Å²) in [5.74, 6) is 1.57. The number of carbonyl (C=O) groups excluding carboxylic acids is 1. The molecule has 0 radical (unpaired) electrons. The summed E-state index contributed by atoms with van der Waals surface area (Å²) < 4.78 is 5.18. The summed E-state index contributed by atoms with van der Waals surface area (Å²) in [5, 5.41) is 7.03. The maximum Gasteiger partial charge on any atom is 0.226 e. The first-order valence-corrected chi connectivity index (χ1v) is 9.58. The highest BCUT2D eigenvalue weighted by Gasteiger charge is 2.29. The van der Waals surface area contributed by atoms with Gasteiger partial charge in [0, 0.05) is 36.9 Å². The molecule has 24 heavy (non-hydrogen) atoms. The molecule has 1 aliphatic heterocycles. The van der Waals surface area contributed by atoms with Gasteiger partial charge in [-0.2, -0.15) is 4.98 Å². The lowest BCUT2D eigenvalue weighted by atomic mass is 10.0. The zero-order valence-electron chi connectivity index (χ0n) is 14.3. The Bertz CT molecular complexity index is 682. The molecule has 130 valence electrons. The van der Waals surface area contributed by atoms with E-state index >= 15 is 0 Å². The highest BCUT2D eigenvalue weighted by atomic mass is 32.1. The van der Waals surface area contributed by atoms with E-state index in [0.29, 0.717) is 18.7 Å². The predicted molar refractivity (Wildman–Crippen MR) is 91.8 cm³/mol. The van der Waals surface area contributed by atoms with Crippen molar-refractivity contribution in [2.75, 3.05) is 6.54 Å². The molecule has 0 aromatic carbocycles. The standard InChI is InChI=1S/C17H24N4O2S/c1-3-14-19-15(23-20-14)8-6-9-16(22)21-10-5-4-7-13(21)17-18-12(2)11-24-17/h11,13H,3-10H2,1-2H3. The van der Waals surface area contributed by atoms with Crippen molar-refractivity contribution in [1.82, 2.24) is 20.0 Å². The average molecular weight is 348 g/mol. The average Bonchev–Trinajstić information content (AvgIpc) is 3.23.